The number of benzene rings is 2. The van der Waals surface area contributed by atoms with Crippen molar-refractivity contribution in [2.45, 2.75) is 92.8 Å². The van der Waals surface area contributed by atoms with Gasteiger partial charge in [0.25, 0.3) is 11.5 Å². The highest BCUT2D eigenvalue weighted by Crippen LogP contribution is 2.35. The van der Waals surface area contributed by atoms with E-state index in [2.05, 4.69) is 23.7 Å². The van der Waals surface area contributed by atoms with E-state index in [9.17, 15) is 27.6 Å². The molecule has 0 spiro atoms. The van der Waals surface area contributed by atoms with Crippen LogP contribution < -0.4 is 5.56 Å². The number of hydrogen-bond donors (Lipinski definition) is 0. The highest BCUT2D eigenvalue weighted by molar-refractivity contribution is 5.91. The maximum Gasteiger partial charge on any atom is 0.416 e. The van der Waals surface area contributed by atoms with Crippen molar-refractivity contribution in [2.24, 2.45) is 16.3 Å². The van der Waals surface area contributed by atoms with Crippen molar-refractivity contribution < 1.29 is 31.9 Å². The number of carbonyl (C=O) groups excluding carboxylic acids is 2. The standard InChI is InChI=1S/C40H49F4N3O4/c1-9-51-35(49)18-30(31-17-29(16-27(6)37(31)41)36-25(4)11-10-12-26(36)5)20-45-38(50)33(15-24(2)3)47-21-28(13-14-46-22-39(7,8)23-46)32(19-34(47)48)40(42,43)44/h10-12,16-17,19-21,24,30,33H,9,13-15,18,22-23H2,1-8H3/b45-20+. The Balaban J connectivity index is 1.76. The van der Waals surface area contributed by atoms with Gasteiger partial charge in [0.05, 0.1) is 18.6 Å². The van der Waals surface area contributed by atoms with Gasteiger partial charge >= 0.3 is 12.1 Å². The fourth-order valence-corrected chi connectivity index (χ4v) is 7.05. The van der Waals surface area contributed by atoms with Gasteiger partial charge in [0, 0.05) is 44.0 Å². The van der Waals surface area contributed by atoms with Crippen molar-refractivity contribution in [1.29, 1.82) is 0 Å². The van der Waals surface area contributed by atoms with Crippen LogP contribution in [0.5, 0.6) is 0 Å². The second kappa shape index (κ2) is 16.0. The average Bonchev–Trinajstić information content (AvgIpc) is 3.01. The van der Waals surface area contributed by atoms with E-state index in [-0.39, 0.29) is 48.3 Å². The number of carbonyl (C=O) groups is 2. The van der Waals surface area contributed by atoms with Crippen LogP contribution in [0.15, 0.2) is 52.4 Å². The van der Waals surface area contributed by atoms with Crippen molar-refractivity contribution >= 4 is 18.1 Å². The number of halogens is 4. The number of esters is 1. The molecule has 0 N–H and O–H groups in total. The third kappa shape index (κ3) is 9.81. The van der Waals surface area contributed by atoms with Crippen LogP contribution in [0.4, 0.5) is 17.6 Å². The first-order chi connectivity index (χ1) is 23.8. The number of aryl methyl sites for hydroxylation is 3. The number of alkyl halides is 3. The third-order valence-corrected chi connectivity index (χ3v) is 9.31. The number of hydrogen-bond acceptors (Lipinski definition) is 5. The molecule has 1 amide bonds. The molecule has 0 radical (unpaired) electrons. The number of aliphatic imine (C=N–C) groups is 1. The molecule has 276 valence electrons. The van der Waals surface area contributed by atoms with Crippen LogP contribution in [-0.2, 0) is 26.9 Å². The Bertz CT molecular complexity index is 1820. The Kier molecular flexibility index (Phi) is 12.5. The monoisotopic (exact) mass is 711 g/mol. The Morgan fingerprint density at radius 2 is 1.69 bits per heavy atom. The maximum absolute atomic E-state index is 15.9. The first-order valence-corrected chi connectivity index (χ1v) is 17.5. The summed E-state index contributed by atoms with van der Waals surface area (Å²) in [4.78, 5) is 46.2. The van der Waals surface area contributed by atoms with E-state index in [0.717, 1.165) is 46.1 Å². The molecule has 0 bridgehead atoms. The SMILES string of the molecule is CCOC(=O)CC(/C=N/C(=O)C(CC(C)C)n1cc(CCN2CC(C)(C)C2)c(C(F)(F)F)cc1=O)c1cc(-c2c(C)cccc2C)cc(C)c1F. The molecule has 2 aromatic carbocycles. The third-order valence-electron chi connectivity index (χ3n) is 9.31. The van der Waals surface area contributed by atoms with Gasteiger partial charge in [-0.1, -0.05) is 45.9 Å². The molecule has 1 saturated heterocycles. The normalized spacial score (nSPS) is 15.9. The zero-order chi connectivity index (χ0) is 37.8. The molecule has 4 rings (SSSR count). The first-order valence-electron chi connectivity index (χ1n) is 17.5. The number of likely N-dealkylation sites (tertiary alicyclic amines) is 1. The van der Waals surface area contributed by atoms with Crippen LogP contribution in [0.2, 0.25) is 0 Å². The molecule has 7 nitrogen and oxygen atoms in total. The maximum atomic E-state index is 15.9. The molecule has 1 aromatic heterocycles. The molecule has 2 atom stereocenters. The number of ether oxygens (including phenoxy) is 1. The van der Waals surface area contributed by atoms with Gasteiger partial charge in [0.15, 0.2) is 0 Å². The molecule has 2 heterocycles. The molecular weight excluding hydrogens is 662 g/mol. The highest BCUT2D eigenvalue weighted by Gasteiger charge is 2.37. The van der Waals surface area contributed by atoms with Gasteiger partial charge in [-0.3, -0.25) is 14.4 Å². The number of pyridine rings is 1. The summed E-state index contributed by atoms with van der Waals surface area (Å²) in [5.74, 6) is -3.14. The van der Waals surface area contributed by atoms with Gasteiger partial charge in [0.2, 0.25) is 0 Å². The van der Waals surface area contributed by atoms with Crippen LogP contribution in [0.25, 0.3) is 11.1 Å². The van der Waals surface area contributed by atoms with Gasteiger partial charge in [0.1, 0.15) is 11.9 Å². The lowest BCUT2D eigenvalue weighted by atomic mass is 9.84. The smallest absolute Gasteiger partial charge is 0.416 e. The van der Waals surface area contributed by atoms with E-state index >= 15 is 4.39 Å². The van der Waals surface area contributed by atoms with Gasteiger partial charge in [-0.25, -0.2) is 9.38 Å². The van der Waals surface area contributed by atoms with E-state index in [1.54, 1.807) is 26.0 Å². The Hall–Kier alpha value is -4.12. The molecule has 2 unspecified atom stereocenters. The van der Waals surface area contributed by atoms with Crippen LogP contribution in [-0.4, -0.2) is 53.8 Å². The average molecular weight is 712 g/mol. The van der Waals surface area contributed by atoms with Crippen molar-refractivity contribution in [3.63, 3.8) is 0 Å². The Morgan fingerprint density at radius 3 is 2.25 bits per heavy atom. The van der Waals surface area contributed by atoms with Crippen molar-refractivity contribution in [3.8, 4) is 11.1 Å². The molecular formula is C40H49F4N3O4. The lowest BCUT2D eigenvalue weighted by Crippen LogP contribution is -2.53. The van der Waals surface area contributed by atoms with Gasteiger partial charge < -0.3 is 14.2 Å². The summed E-state index contributed by atoms with van der Waals surface area (Å²) in [5.41, 5.74) is 2.08. The van der Waals surface area contributed by atoms with Gasteiger partial charge in [-0.15, -0.1) is 0 Å². The van der Waals surface area contributed by atoms with E-state index in [4.69, 9.17) is 4.74 Å². The van der Waals surface area contributed by atoms with Gasteiger partial charge in [-0.2, -0.15) is 13.2 Å². The molecule has 3 aromatic rings. The fourth-order valence-electron chi connectivity index (χ4n) is 7.05. The van der Waals surface area contributed by atoms with Crippen molar-refractivity contribution in [3.05, 3.63) is 92.1 Å². The molecule has 1 aliphatic heterocycles. The minimum Gasteiger partial charge on any atom is -0.466 e. The van der Waals surface area contributed by atoms with E-state index in [1.807, 2.05) is 45.9 Å². The van der Waals surface area contributed by atoms with Crippen molar-refractivity contribution in [2.75, 3.05) is 26.2 Å². The first kappa shape index (κ1) is 39.7. The van der Waals surface area contributed by atoms with Crippen LogP contribution in [0.3, 0.4) is 0 Å². The second-order valence-corrected chi connectivity index (χ2v) is 14.9. The predicted octanol–water partition coefficient (Wildman–Crippen LogP) is 8.40. The molecule has 1 aliphatic rings. The number of nitrogens with zero attached hydrogens (tertiary/aromatic N) is 3. The quantitative estimate of drug-likeness (QED) is 0.101. The molecule has 0 aliphatic carbocycles. The lowest BCUT2D eigenvalue weighted by molar-refractivity contribution is -0.143. The molecule has 1 fully saturated rings. The number of rotatable bonds is 13. The molecule has 11 heteroatoms. The van der Waals surface area contributed by atoms with Crippen LogP contribution in [0.1, 0.15) is 92.8 Å². The lowest BCUT2D eigenvalue weighted by Gasteiger charge is -2.46. The summed E-state index contributed by atoms with van der Waals surface area (Å²) < 4.78 is 64.5. The van der Waals surface area contributed by atoms with E-state index in [0.29, 0.717) is 18.2 Å². The summed E-state index contributed by atoms with van der Waals surface area (Å²) >= 11 is 0. The Morgan fingerprint density at radius 1 is 1.04 bits per heavy atom. The zero-order valence-corrected chi connectivity index (χ0v) is 30.8. The minimum atomic E-state index is -4.76. The zero-order valence-electron chi connectivity index (χ0n) is 30.8. The molecule has 51 heavy (non-hydrogen) atoms. The van der Waals surface area contributed by atoms with Crippen LogP contribution in [0, 0.1) is 37.9 Å². The van der Waals surface area contributed by atoms with Crippen molar-refractivity contribution in [1.82, 2.24) is 9.47 Å². The predicted molar refractivity (Wildman–Crippen MR) is 192 cm³/mol. The summed E-state index contributed by atoms with van der Waals surface area (Å²) in [6, 6.07) is 8.54. The fraction of sp³-hybridized carbons (Fsp3) is 0.500. The number of amides is 1. The van der Waals surface area contributed by atoms with E-state index in [1.165, 1.54) is 6.21 Å². The van der Waals surface area contributed by atoms with Crippen LogP contribution >= 0.6 is 0 Å². The highest BCUT2D eigenvalue weighted by atomic mass is 19.4. The summed E-state index contributed by atoms with van der Waals surface area (Å²) in [6.07, 6.45) is -2.59. The number of aromatic nitrogens is 1. The largest absolute Gasteiger partial charge is 0.466 e. The second-order valence-electron chi connectivity index (χ2n) is 14.9. The molecule has 0 saturated carbocycles. The summed E-state index contributed by atoms with van der Waals surface area (Å²) in [7, 11) is 0. The summed E-state index contributed by atoms with van der Waals surface area (Å²) in [5, 5.41) is 0. The van der Waals surface area contributed by atoms with E-state index < -0.39 is 47.0 Å². The topological polar surface area (TPSA) is 81.0 Å². The summed E-state index contributed by atoms with van der Waals surface area (Å²) in [6.45, 7) is 16.9. The Labute approximate surface area is 297 Å². The minimum absolute atomic E-state index is 0.0357. The van der Waals surface area contributed by atoms with Gasteiger partial charge in [-0.05, 0) is 103 Å².